The summed E-state index contributed by atoms with van der Waals surface area (Å²) in [5, 5.41) is 13.2. The maximum Gasteiger partial charge on any atom is 0.411 e. The van der Waals surface area contributed by atoms with Gasteiger partial charge < -0.3 is 14.0 Å². The molecule has 0 unspecified atom stereocenters. The van der Waals surface area contributed by atoms with E-state index < -0.39 is 12.8 Å². The number of hydrogen-bond donors (Lipinski definition) is 1. The predicted molar refractivity (Wildman–Crippen MR) is 105 cm³/mol. The van der Waals surface area contributed by atoms with E-state index in [-0.39, 0.29) is 6.61 Å². The van der Waals surface area contributed by atoms with Crippen LogP contribution in [0.4, 0.5) is 14.9 Å². The summed E-state index contributed by atoms with van der Waals surface area (Å²) in [5.74, 6) is 0.724. The standard InChI is InChI=1S/C21H20FN3O3/c1-3-25-19-12-16(27-2)8-9-17(19)18(13-23)20(25)14-4-6-15(7-5-14)24-21(26)28-11-10-22/h4-9,12H,3,10-11H2,1-2H3,(H,24,26). The molecular weight excluding hydrogens is 361 g/mol. The molecule has 0 spiro atoms. The molecule has 1 N–H and O–H groups in total. The number of nitrogens with one attached hydrogen (secondary N) is 1. The van der Waals surface area contributed by atoms with Crippen LogP contribution >= 0.6 is 0 Å². The predicted octanol–water partition coefficient (Wildman–Crippen LogP) is 4.73. The SMILES string of the molecule is CCn1c(-c2ccc(NC(=O)OCCF)cc2)c(C#N)c2ccc(OC)cc21. The highest BCUT2D eigenvalue weighted by Gasteiger charge is 2.18. The van der Waals surface area contributed by atoms with E-state index in [1.807, 2.05) is 37.3 Å². The average Bonchev–Trinajstić information content (AvgIpc) is 3.05. The van der Waals surface area contributed by atoms with Crippen molar-refractivity contribution in [1.82, 2.24) is 4.57 Å². The molecule has 1 aromatic heterocycles. The molecule has 0 atom stereocenters. The first-order chi connectivity index (χ1) is 13.6. The quantitative estimate of drug-likeness (QED) is 0.670. The van der Waals surface area contributed by atoms with Crippen molar-refractivity contribution in [1.29, 1.82) is 5.26 Å². The first-order valence-electron chi connectivity index (χ1n) is 8.83. The number of fused-ring (bicyclic) bond motifs is 1. The van der Waals surface area contributed by atoms with Crippen LogP contribution in [0.25, 0.3) is 22.2 Å². The van der Waals surface area contributed by atoms with Gasteiger partial charge in [-0.2, -0.15) is 5.26 Å². The smallest absolute Gasteiger partial charge is 0.411 e. The molecule has 0 aliphatic heterocycles. The first kappa shape index (κ1) is 19.2. The van der Waals surface area contributed by atoms with Crippen LogP contribution in [-0.4, -0.2) is 31.1 Å². The number of halogens is 1. The molecule has 28 heavy (non-hydrogen) atoms. The molecule has 1 heterocycles. The van der Waals surface area contributed by atoms with Crippen LogP contribution in [0.3, 0.4) is 0 Å². The molecule has 6 nitrogen and oxygen atoms in total. The van der Waals surface area contributed by atoms with Gasteiger partial charge in [0.05, 0.1) is 23.9 Å². The Morgan fingerprint density at radius 1 is 1.25 bits per heavy atom. The van der Waals surface area contributed by atoms with Crippen molar-refractivity contribution < 1.29 is 18.7 Å². The molecule has 0 aliphatic carbocycles. The summed E-state index contributed by atoms with van der Waals surface area (Å²) in [6, 6.07) is 15.0. The Kier molecular flexibility index (Phi) is 5.80. The third kappa shape index (κ3) is 3.62. The van der Waals surface area contributed by atoms with E-state index in [1.54, 1.807) is 19.2 Å². The van der Waals surface area contributed by atoms with Crippen molar-refractivity contribution in [2.45, 2.75) is 13.5 Å². The van der Waals surface area contributed by atoms with E-state index in [1.165, 1.54) is 0 Å². The van der Waals surface area contributed by atoms with Crippen LogP contribution in [0.15, 0.2) is 42.5 Å². The molecule has 2 aromatic carbocycles. The highest BCUT2D eigenvalue weighted by Crippen LogP contribution is 2.35. The van der Waals surface area contributed by atoms with Crippen molar-refractivity contribution in [2.24, 2.45) is 0 Å². The Bertz CT molecular complexity index is 1040. The number of ether oxygens (including phenoxy) is 2. The van der Waals surface area contributed by atoms with Crippen LogP contribution in [0.2, 0.25) is 0 Å². The van der Waals surface area contributed by atoms with Gasteiger partial charge in [-0.25, -0.2) is 9.18 Å². The fourth-order valence-corrected chi connectivity index (χ4v) is 3.19. The van der Waals surface area contributed by atoms with E-state index in [0.29, 0.717) is 17.8 Å². The molecule has 0 saturated carbocycles. The van der Waals surface area contributed by atoms with Gasteiger partial charge in [0.15, 0.2) is 0 Å². The number of carbonyl (C=O) groups is 1. The lowest BCUT2D eigenvalue weighted by Gasteiger charge is -2.10. The zero-order valence-electron chi connectivity index (χ0n) is 15.7. The van der Waals surface area contributed by atoms with Gasteiger partial charge in [0.25, 0.3) is 0 Å². The van der Waals surface area contributed by atoms with E-state index in [2.05, 4.69) is 20.7 Å². The number of aromatic nitrogens is 1. The summed E-state index contributed by atoms with van der Waals surface area (Å²) in [6.45, 7) is 1.68. The van der Waals surface area contributed by atoms with Gasteiger partial charge >= 0.3 is 6.09 Å². The van der Waals surface area contributed by atoms with Crippen LogP contribution in [0, 0.1) is 11.3 Å². The van der Waals surface area contributed by atoms with Crippen LogP contribution in [-0.2, 0) is 11.3 Å². The van der Waals surface area contributed by atoms with Gasteiger partial charge in [-0.3, -0.25) is 5.32 Å². The number of carbonyl (C=O) groups excluding carboxylic acids is 1. The normalized spacial score (nSPS) is 10.5. The third-order valence-corrected chi connectivity index (χ3v) is 4.41. The summed E-state index contributed by atoms with van der Waals surface area (Å²) in [6.07, 6.45) is -0.710. The van der Waals surface area contributed by atoms with E-state index >= 15 is 0 Å². The summed E-state index contributed by atoms with van der Waals surface area (Å²) in [5.41, 5.74) is 3.68. The van der Waals surface area contributed by atoms with Gasteiger partial charge in [-0.15, -0.1) is 0 Å². The van der Waals surface area contributed by atoms with Crippen LogP contribution in [0.5, 0.6) is 5.75 Å². The van der Waals surface area contributed by atoms with E-state index in [4.69, 9.17) is 4.74 Å². The number of aryl methyl sites for hydroxylation is 1. The Morgan fingerprint density at radius 2 is 2.00 bits per heavy atom. The highest BCUT2D eigenvalue weighted by atomic mass is 19.1. The van der Waals surface area contributed by atoms with Crippen molar-refractivity contribution in [2.75, 3.05) is 25.7 Å². The number of anilines is 1. The topological polar surface area (TPSA) is 76.3 Å². The maximum absolute atomic E-state index is 12.1. The zero-order valence-corrected chi connectivity index (χ0v) is 15.7. The summed E-state index contributed by atoms with van der Waals surface area (Å²) >= 11 is 0. The Hall–Kier alpha value is -3.53. The Labute approximate surface area is 162 Å². The molecule has 0 fully saturated rings. The molecule has 0 saturated heterocycles. The molecule has 7 heteroatoms. The molecule has 0 aliphatic rings. The van der Waals surface area contributed by atoms with Gasteiger partial charge in [-0.05, 0) is 36.8 Å². The lowest BCUT2D eigenvalue weighted by atomic mass is 10.1. The summed E-state index contributed by atoms with van der Waals surface area (Å²) in [4.78, 5) is 11.5. The molecule has 0 radical (unpaired) electrons. The monoisotopic (exact) mass is 381 g/mol. The number of hydrogen-bond acceptors (Lipinski definition) is 4. The number of methoxy groups -OCH3 is 1. The second kappa shape index (κ2) is 8.44. The number of benzene rings is 2. The van der Waals surface area contributed by atoms with Gasteiger partial charge in [0, 0.05) is 23.7 Å². The minimum Gasteiger partial charge on any atom is -0.497 e. The van der Waals surface area contributed by atoms with E-state index in [9.17, 15) is 14.4 Å². The van der Waals surface area contributed by atoms with Crippen molar-refractivity contribution in [3.8, 4) is 23.1 Å². The highest BCUT2D eigenvalue weighted by molar-refractivity contribution is 5.95. The van der Waals surface area contributed by atoms with Gasteiger partial charge in [0.1, 0.15) is 25.1 Å². The molecule has 0 bridgehead atoms. The van der Waals surface area contributed by atoms with Crippen LogP contribution < -0.4 is 10.1 Å². The van der Waals surface area contributed by atoms with Crippen molar-refractivity contribution in [3.63, 3.8) is 0 Å². The zero-order chi connectivity index (χ0) is 20.1. The minimum atomic E-state index is -0.727. The Balaban J connectivity index is 2.01. The minimum absolute atomic E-state index is 0.282. The lowest BCUT2D eigenvalue weighted by molar-refractivity contribution is 0.152. The second-order valence-electron chi connectivity index (χ2n) is 5.99. The van der Waals surface area contributed by atoms with E-state index in [0.717, 1.165) is 27.9 Å². The first-order valence-corrected chi connectivity index (χ1v) is 8.83. The number of alkyl halides is 1. The maximum atomic E-state index is 12.1. The largest absolute Gasteiger partial charge is 0.497 e. The van der Waals surface area contributed by atoms with Gasteiger partial charge in [-0.1, -0.05) is 12.1 Å². The molecule has 3 aromatic rings. The average molecular weight is 381 g/mol. The Morgan fingerprint density at radius 3 is 2.61 bits per heavy atom. The fraction of sp³-hybridized carbons (Fsp3) is 0.238. The third-order valence-electron chi connectivity index (χ3n) is 4.41. The molecule has 1 amide bonds. The van der Waals surface area contributed by atoms with Crippen molar-refractivity contribution in [3.05, 3.63) is 48.0 Å². The number of rotatable bonds is 6. The molecule has 3 rings (SSSR count). The molecule has 144 valence electrons. The number of nitrogens with zero attached hydrogens (tertiary/aromatic N) is 2. The van der Waals surface area contributed by atoms with Crippen LogP contribution in [0.1, 0.15) is 12.5 Å². The summed E-state index contributed by atoms with van der Waals surface area (Å²) < 4.78 is 24.1. The van der Waals surface area contributed by atoms with Gasteiger partial charge in [0.2, 0.25) is 0 Å². The van der Waals surface area contributed by atoms with Crippen molar-refractivity contribution >= 4 is 22.7 Å². The fourth-order valence-electron chi connectivity index (χ4n) is 3.19. The lowest BCUT2D eigenvalue weighted by Crippen LogP contribution is -2.14. The second-order valence-corrected chi connectivity index (χ2v) is 5.99. The number of amides is 1. The molecular formula is C21H20FN3O3. The summed E-state index contributed by atoms with van der Waals surface area (Å²) in [7, 11) is 1.61. The number of nitriles is 1.